The molecule has 4 aromatic rings. The molecule has 0 bridgehead atoms. The number of hydrogen-bond donors (Lipinski definition) is 0. The normalized spacial score (nSPS) is 17.3. The van der Waals surface area contributed by atoms with Gasteiger partial charge in [-0.3, -0.25) is 4.79 Å². The van der Waals surface area contributed by atoms with Crippen LogP contribution in [0.5, 0.6) is 0 Å². The van der Waals surface area contributed by atoms with Crippen LogP contribution in [0.1, 0.15) is 22.9 Å². The maximum Gasteiger partial charge on any atom is 0.204 e. The number of hydrogen-bond acceptors (Lipinski definition) is 3. The number of nitrogens with zero attached hydrogens (tertiary/aromatic N) is 1. The van der Waals surface area contributed by atoms with E-state index in [9.17, 15) is 4.79 Å². The van der Waals surface area contributed by atoms with Gasteiger partial charge in [-0.1, -0.05) is 48.5 Å². The molecule has 24 heavy (non-hydrogen) atoms. The molecule has 1 aliphatic rings. The van der Waals surface area contributed by atoms with Gasteiger partial charge in [-0.25, -0.2) is 4.98 Å². The van der Waals surface area contributed by atoms with Crippen molar-refractivity contribution in [2.75, 3.05) is 0 Å². The first kappa shape index (κ1) is 13.5. The van der Waals surface area contributed by atoms with Gasteiger partial charge in [0.05, 0.1) is 12.1 Å². The van der Waals surface area contributed by atoms with E-state index in [1.54, 1.807) is 6.20 Å². The molecular formula is C21H15NO2. The van der Waals surface area contributed by atoms with Gasteiger partial charge < -0.3 is 4.42 Å². The lowest BCUT2D eigenvalue weighted by molar-refractivity contribution is -0.120. The summed E-state index contributed by atoms with van der Waals surface area (Å²) in [5.74, 6) is 0.443. The standard InChI is InChI=1S/C21H15NO2/c23-20-11-14-6-8-16-15-4-2-1-3-13(15)5-7-17(16)18(14)12-19(20)21-22-9-10-24-21/h1-10,19H,11-12H2. The number of Topliss-reactive ketones (excluding diaryl/α,β-unsaturated/α-hetero) is 1. The van der Waals surface area contributed by atoms with Crippen molar-refractivity contribution in [1.82, 2.24) is 4.98 Å². The largest absolute Gasteiger partial charge is 0.448 e. The Morgan fingerprint density at radius 2 is 1.83 bits per heavy atom. The molecule has 1 heterocycles. The van der Waals surface area contributed by atoms with Crippen molar-refractivity contribution in [3.05, 3.63) is 78.0 Å². The van der Waals surface area contributed by atoms with Crippen LogP contribution in [0.4, 0.5) is 0 Å². The summed E-state index contributed by atoms with van der Waals surface area (Å²) in [6.07, 6.45) is 4.25. The second-order valence-electron chi connectivity index (χ2n) is 6.36. The molecule has 5 rings (SSSR count). The fourth-order valence-corrected chi connectivity index (χ4v) is 3.86. The van der Waals surface area contributed by atoms with E-state index in [0.29, 0.717) is 18.7 Å². The smallest absolute Gasteiger partial charge is 0.204 e. The van der Waals surface area contributed by atoms with Crippen LogP contribution in [0.2, 0.25) is 0 Å². The van der Waals surface area contributed by atoms with E-state index in [1.807, 2.05) is 0 Å². The Morgan fingerprint density at radius 3 is 2.71 bits per heavy atom. The summed E-state index contributed by atoms with van der Waals surface area (Å²) in [6.45, 7) is 0. The fourth-order valence-electron chi connectivity index (χ4n) is 3.86. The van der Waals surface area contributed by atoms with Gasteiger partial charge >= 0.3 is 0 Å². The summed E-state index contributed by atoms with van der Waals surface area (Å²) in [5, 5.41) is 4.96. The number of carbonyl (C=O) groups is 1. The predicted octanol–water partition coefficient (Wildman–Crippen LogP) is 4.43. The van der Waals surface area contributed by atoms with Crippen LogP contribution in [0.15, 0.2) is 65.4 Å². The fraction of sp³-hybridized carbons (Fsp3) is 0.143. The molecule has 0 amide bonds. The minimum Gasteiger partial charge on any atom is -0.448 e. The highest BCUT2D eigenvalue weighted by molar-refractivity contribution is 6.09. The molecule has 0 spiro atoms. The lowest BCUT2D eigenvalue weighted by atomic mass is 9.80. The van der Waals surface area contributed by atoms with Gasteiger partial charge in [0, 0.05) is 6.42 Å². The van der Waals surface area contributed by atoms with Gasteiger partial charge in [-0.15, -0.1) is 0 Å². The zero-order chi connectivity index (χ0) is 16.1. The highest BCUT2D eigenvalue weighted by Crippen LogP contribution is 2.36. The third kappa shape index (κ3) is 1.91. The van der Waals surface area contributed by atoms with Gasteiger partial charge in [0.25, 0.3) is 0 Å². The first-order valence-electron chi connectivity index (χ1n) is 8.15. The highest BCUT2D eigenvalue weighted by Gasteiger charge is 2.31. The molecule has 0 radical (unpaired) electrons. The maximum atomic E-state index is 12.5. The van der Waals surface area contributed by atoms with Crippen LogP contribution in [-0.4, -0.2) is 10.8 Å². The van der Waals surface area contributed by atoms with E-state index in [2.05, 4.69) is 53.5 Å². The van der Waals surface area contributed by atoms with Crippen LogP contribution in [-0.2, 0) is 17.6 Å². The minimum absolute atomic E-state index is 0.185. The lowest BCUT2D eigenvalue weighted by Gasteiger charge is -2.23. The van der Waals surface area contributed by atoms with E-state index < -0.39 is 0 Å². The molecule has 0 saturated carbocycles. The maximum absolute atomic E-state index is 12.5. The molecule has 3 aromatic carbocycles. The molecule has 1 atom stereocenters. The van der Waals surface area contributed by atoms with E-state index in [1.165, 1.54) is 33.4 Å². The summed E-state index contributed by atoms with van der Waals surface area (Å²) in [4.78, 5) is 16.7. The van der Waals surface area contributed by atoms with Crippen LogP contribution in [0.25, 0.3) is 21.5 Å². The Morgan fingerprint density at radius 1 is 0.958 bits per heavy atom. The highest BCUT2D eigenvalue weighted by atomic mass is 16.3. The van der Waals surface area contributed by atoms with Crippen molar-refractivity contribution in [1.29, 1.82) is 0 Å². The van der Waals surface area contributed by atoms with Crippen molar-refractivity contribution in [2.45, 2.75) is 18.8 Å². The molecule has 1 unspecified atom stereocenters. The summed E-state index contributed by atoms with van der Waals surface area (Å²) < 4.78 is 5.41. The van der Waals surface area contributed by atoms with E-state index in [0.717, 1.165) is 5.56 Å². The van der Waals surface area contributed by atoms with Gasteiger partial charge in [0.15, 0.2) is 0 Å². The quantitative estimate of drug-likeness (QED) is 0.488. The number of carbonyl (C=O) groups excluding carboxylic acids is 1. The lowest BCUT2D eigenvalue weighted by Crippen LogP contribution is -2.24. The molecule has 3 nitrogen and oxygen atoms in total. The predicted molar refractivity (Wildman–Crippen MR) is 93.1 cm³/mol. The first-order chi connectivity index (χ1) is 11.8. The van der Waals surface area contributed by atoms with Crippen LogP contribution < -0.4 is 0 Å². The molecule has 0 N–H and O–H groups in total. The Balaban J connectivity index is 1.74. The van der Waals surface area contributed by atoms with Crippen molar-refractivity contribution in [3.8, 4) is 0 Å². The molecule has 1 aliphatic carbocycles. The van der Waals surface area contributed by atoms with Crippen molar-refractivity contribution in [3.63, 3.8) is 0 Å². The van der Waals surface area contributed by atoms with Gasteiger partial charge in [0.1, 0.15) is 12.0 Å². The Labute approximate surface area is 138 Å². The Kier molecular flexibility index (Phi) is 2.83. The molecule has 0 saturated heterocycles. The zero-order valence-corrected chi connectivity index (χ0v) is 13.0. The SMILES string of the molecule is O=C1Cc2ccc3c(ccc4ccccc43)c2CC1c1ncco1. The molecule has 0 fully saturated rings. The van der Waals surface area contributed by atoms with Crippen LogP contribution >= 0.6 is 0 Å². The minimum atomic E-state index is -0.274. The monoisotopic (exact) mass is 313 g/mol. The molecule has 116 valence electrons. The van der Waals surface area contributed by atoms with E-state index >= 15 is 0 Å². The van der Waals surface area contributed by atoms with Crippen molar-refractivity contribution >= 4 is 27.3 Å². The number of ketones is 1. The molecule has 1 aromatic heterocycles. The Hall–Kier alpha value is -2.94. The van der Waals surface area contributed by atoms with Crippen molar-refractivity contribution < 1.29 is 9.21 Å². The first-order valence-corrected chi connectivity index (χ1v) is 8.15. The Bertz CT molecular complexity index is 1080. The summed E-state index contributed by atoms with van der Waals surface area (Å²) in [7, 11) is 0. The molecular weight excluding hydrogens is 298 g/mol. The van der Waals surface area contributed by atoms with Gasteiger partial charge in [-0.05, 0) is 39.1 Å². The molecule has 3 heteroatoms. The second kappa shape index (κ2) is 5.03. The third-order valence-electron chi connectivity index (χ3n) is 5.05. The van der Waals surface area contributed by atoms with E-state index in [-0.39, 0.29) is 11.7 Å². The zero-order valence-electron chi connectivity index (χ0n) is 13.0. The van der Waals surface area contributed by atoms with Crippen molar-refractivity contribution in [2.24, 2.45) is 0 Å². The average Bonchev–Trinajstić information content (AvgIpc) is 3.15. The second-order valence-corrected chi connectivity index (χ2v) is 6.36. The van der Waals surface area contributed by atoms with Crippen LogP contribution in [0, 0.1) is 0 Å². The number of benzene rings is 3. The number of aromatic nitrogens is 1. The number of oxazole rings is 1. The number of rotatable bonds is 1. The van der Waals surface area contributed by atoms with E-state index in [4.69, 9.17) is 4.42 Å². The topological polar surface area (TPSA) is 43.1 Å². The summed E-state index contributed by atoms with van der Waals surface area (Å²) in [5.41, 5.74) is 2.38. The summed E-state index contributed by atoms with van der Waals surface area (Å²) >= 11 is 0. The summed E-state index contributed by atoms with van der Waals surface area (Å²) in [6, 6.07) is 17.0. The molecule has 0 aliphatic heterocycles. The third-order valence-corrected chi connectivity index (χ3v) is 5.05. The van der Waals surface area contributed by atoms with Gasteiger partial charge in [0.2, 0.25) is 5.89 Å². The number of fused-ring (bicyclic) bond motifs is 5. The average molecular weight is 313 g/mol. The van der Waals surface area contributed by atoms with Crippen LogP contribution in [0.3, 0.4) is 0 Å². The van der Waals surface area contributed by atoms with Gasteiger partial charge in [-0.2, -0.15) is 0 Å².